The second-order valence-electron chi connectivity index (χ2n) is 7.89. The van der Waals surface area contributed by atoms with E-state index in [2.05, 4.69) is 5.32 Å². The van der Waals surface area contributed by atoms with Crippen LogP contribution in [0.1, 0.15) is 33.6 Å². The van der Waals surface area contributed by atoms with Gasteiger partial charge in [-0.05, 0) is 55.2 Å². The molecule has 0 aromatic heterocycles. The molecule has 3 rings (SSSR count). The number of hydrogen-bond acceptors (Lipinski definition) is 5. The monoisotopic (exact) mass is 479 g/mol. The minimum atomic E-state index is -3.82. The van der Waals surface area contributed by atoms with Gasteiger partial charge in [0.1, 0.15) is 4.90 Å². The third-order valence-electron chi connectivity index (χ3n) is 5.48. The molecule has 0 bridgehead atoms. The van der Waals surface area contributed by atoms with E-state index in [-0.39, 0.29) is 33.9 Å². The Morgan fingerprint density at radius 2 is 1.81 bits per heavy atom. The molecule has 0 atom stereocenters. The van der Waals surface area contributed by atoms with Crippen molar-refractivity contribution >= 4 is 39.1 Å². The van der Waals surface area contributed by atoms with E-state index in [9.17, 15) is 23.1 Å². The van der Waals surface area contributed by atoms with Crippen LogP contribution in [-0.2, 0) is 10.0 Å². The number of benzene rings is 2. The van der Waals surface area contributed by atoms with Crippen LogP contribution < -0.4 is 5.32 Å². The topological polar surface area (TPSA) is 107 Å². The number of piperidine rings is 1. The summed E-state index contributed by atoms with van der Waals surface area (Å²) in [4.78, 5) is 27.1. The van der Waals surface area contributed by atoms with Crippen molar-refractivity contribution < 1.29 is 23.1 Å². The van der Waals surface area contributed by atoms with E-state index in [1.165, 1.54) is 32.3 Å². The Balaban J connectivity index is 1.76. The van der Waals surface area contributed by atoms with Crippen LogP contribution in [0.25, 0.3) is 0 Å². The summed E-state index contributed by atoms with van der Waals surface area (Å²) in [6.07, 6.45) is 1.51. The van der Waals surface area contributed by atoms with Crippen molar-refractivity contribution in [3.05, 3.63) is 58.6 Å². The largest absolute Gasteiger partial charge is 0.396 e. The maximum absolute atomic E-state index is 12.8. The van der Waals surface area contributed by atoms with Gasteiger partial charge in [0.15, 0.2) is 0 Å². The standard InChI is InChI=1S/C22H26ClN3O5S/c1-25(2)32(30,31)20-13-16(6-7-19(20)23)21(28)24-18-5-3-4-17(12-18)22(29)26-10-8-15(14-27)9-11-26/h3-7,12-13,15,27H,8-11,14H2,1-2H3,(H,24,28). The highest BCUT2D eigenvalue weighted by Gasteiger charge is 2.24. The molecule has 2 N–H and O–H groups in total. The fourth-order valence-electron chi connectivity index (χ4n) is 3.47. The van der Waals surface area contributed by atoms with Gasteiger partial charge < -0.3 is 15.3 Å². The molecule has 1 saturated heterocycles. The molecule has 1 aliphatic heterocycles. The number of amides is 2. The summed E-state index contributed by atoms with van der Waals surface area (Å²) < 4.78 is 25.9. The molecule has 0 aliphatic carbocycles. The van der Waals surface area contributed by atoms with Gasteiger partial charge in [-0.15, -0.1) is 0 Å². The van der Waals surface area contributed by atoms with E-state index in [4.69, 9.17) is 11.6 Å². The van der Waals surface area contributed by atoms with Gasteiger partial charge in [0.2, 0.25) is 10.0 Å². The number of carbonyl (C=O) groups is 2. The number of sulfonamides is 1. The molecule has 1 heterocycles. The summed E-state index contributed by atoms with van der Waals surface area (Å²) in [5.41, 5.74) is 0.980. The van der Waals surface area contributed by atoms with Crippen LogP contribution in [0.2, 0.25) is 5.02 Å². The molecule has 0 radical (unpaired) electrons. The zero-order chi connectivity index (χ0) is 23.5. The molecule has 0 saturated carbocycles. The molecule has 8 nitrogen and oxygen atoms in total. The first kappa shape index (κ1) is 24.2. The fourth-order valence-corrected chi connectivity index (χ4v) is 4.87. The molecule has 10 heteroatoms. The molecule has 2 amide bonds. The van der Waals surface area contributed by atoms with Crippen molar-refractivity contribution in [1.29, 1.82) is 0 Å². The zero-order valence-electron chi connectivity index (χ0n) is 17.9. The smallest absolute Gasteiger partial charge is 0.255 e. The molecule has 32 heavy (non-hydrogen) atoms. The predicted octanol–water partition coefficient (Wildman–Crippen LogP) is 2.69. The van der Waals surface area contributed by atoms with E-state index in [0.29, 0.717) is 24.3 Å². The van der Waals surface area contributed by atoms with Crippen LogP contribution in [0, 0.1) is 5.92 Å². The molecular weight excluding hydrogens is 454 g/mol. The maximum atomic E-state index is 12.8. The van der Waals surface area contributed by atoms with Crippen molar-refractivity contribution in [1.82, 2.24) is 9.21 Å². The third kappa shape index (κ3) is 5.29. The highest BCUT2D eigenvalue weighted by molar-refractivity contribution is 7.89. The van der Waals surface area contributed by atoms with Crippen LogP contribution in [-0.4, -0.2) is 68.3 Å². The number of halogens is 1. The summed E-state index contributed by atoms with van der Waals surface area (Å²) in [7, 11) is -1.05. The van der Waals surface area contributed by atoms with Crippen LogP contribution in [0.5, 0.6) is 0 Å². The normalized spacial score (nSPS) is 15.1. The number of anilines is 1. The van der Waals surface area contributed by atoms with Crippen LogP contribution in [0.4, 0.5) is 5.69 Å². The highest BCUT2D eigenvalue weighted by atomic mass is 35.5. The molecule has 1 aliphatic rings. The molecule has 0 spiro atoms. The highest BCUT2D eigenvalue weighted by Crippen LogP contribution is 2.25. The molecular formula is C22H26ClN3O5S. The lowest BCUT2D eigenvalue weighted by molar-refractivity contribution is 0.0650. The fraction of sp³-hybridized carbons (Fsp3) is 0.364. The van der Waals surface area contributed by atoms with Gasteiger partial charge in [-0.3, -0.25) is 9.59 Å². The van der Waals surface area contributed by atoms with Gasteiger partial charge in [0.05, 0.1) is 5.02 Å². The summed E-state index contributed by atoms with van der Waals surface area (Å²) in [6, 6.07) is 10.6. The van der Waals surface area contributed by atoms with Gasteiger partial charge in [-0.25, -0.2) is 12.7 Å². The molecule has 1 fully saturated rings. The predicted molar refractivity (Wildman–Crippen MR) is 122 cm³/mol. The van der Waals surface area contributed by atoms with Crippen molar-refractivity contribution in [2.75, 3.05) is 39.1 Å². The second kappa shape index (κ2) is 9.99. The number of rotatable bonds is 6. The summed E-state index contributed by atoms with van der Waals surface area (Å²) in [5, 5.41) is 12.0. The number of likely N-dealkylation sites (tertiary alicyclic amines) is 1. The first-order chi connectivity index (χ1) is 15.1. The lowest BCUT2D eigenvalue weighted by Gasteiger charge is -2.31. The van der Waals surface area contributed by atoms with E-state index >= 15 is 0 Å². The van der Waals surface area contributed by atoms with Crippen LogP contribution in [0.3, 0.4) is 0 Å². The average molecular weight is 480 g/mol. The Hall–Kier alpha value is -2.46. The lowest BCUT2D eigenvalue weighted by atomic mass is 9.97. The van der Waals surface area contributed by atoms with Crippen molar-refractivity contribution in [3.8, 4) is 0 Å². The first-order valence-corrected chi connectivity index (χ1v) is 12.0. The van der Waals surface area contributed by atoms with Gasteiger partial charge in [-0.2, -0.15) is 0 Å². The van der Waals surface area contributed by atoms with Crippen LogP contribution in [0.15, 0.2) is 47.4 Å². The van der Waals surface area contributed by atoms with E-state index in [1.54, 1.807) is 29.2 Å². The number of nitrogens with zero attached hydrogens (tertiary/aromatic N) is 2. The number of hydrogen-bond donors (Lipinski definition) is 2. The van der Waals surface area contributed by atoms with E-state index in [1.807, 2.05) is 0 Å². The second-order valence-corrected chi connectivity index (χ2v) is 10.4. The Morgan fingerprint density at radius 3 is 2.44 bits per heavy atom. The average Bonchev–Trinajstić information content (AvgIpc) is 2.78. The number of nitrogens with one attached hydrogen (secondary N) is 1. The van der Waals surface area contributed by atoms with Crippen molar-refractivity contribution in [3.63, 3.8) is 0 Å². The Kier molecular flexibility index (Phi) is 7.55. The van der Waals surface area contributed by atoms with E-state index in [0.717, 1.165) is 17.1 Å². The van der Waals surface area contributed by atoms with Crippen LogP contribution >= 0.6 is 11.6 Å². The molecule has 2 aromatic carbocycles. The Bertz CT molecular complexity index is 1110. The minimum Gasteiger partial charge on any atom is -0.396 e. The Morgan fingerprint density at radius 1 is 1.12 bits per heavy atom. The van der Waals surface area contributed by atoms with E-state index < -0.39 is 15.9 Å². The minimum absolute atomic E-state index is 0.0211. The van der Waals surface area contributed by atoms with Gasteiger partial charge in [0, 0.05) is 50.6 Å². The number of aliphatic hydroxyl groups excluding tert-OH is 1. The summed E-state index contributed by atoms with van der Waals surface area (Å²) in [6.45, 7) is 1.29. The van der Waals surface area contributed by atoms with Crippen molar-refractivity contribution in [2.24, 2.45) is 5.92 Å². The molecule has 2 aromatic rings. The quantitative estimate of drug-likeness (QED) is 0.662. The first-order valence-electron chi connectivity index (χ1n) is 10.2. The maximum Gasteiger partial charge on any atom is 0.255 e. The van der Waals surface area contributed by atoms with Gasteiger partial charge in [-0.1, -0.05) is 17.7 Å². The summed E-state index contributed by atoms with van der Waals surface area (Å²) in [5.74, 6) is -0.432. The van der Waals surface area contributed by atoms with Gasteiger partial charge in [0.25, 0.3) is 11.8 Å². The zero-order valence-corrected chi connectivity index (χ0v) is 19.5. The molecule has 0 unspecified atom stereocenters. The Labute approximate surface area is 192 Å². The number of aliphatic hydroxyl groups is 1. The lowest BCUT2D eigenvalue weighted by Crippen LogP contribution is -2.39. The molecule has 172 valence electrons. The summed E-state index contributed by atoms with van der Waals surface area (Å²) >= 11 is 6.04. The van der Waals surface area contributed by atoms with Crippen molar-refractivity contribution in [2.45, 2.75) is 17.7 Å². The SMILES string of the molecule is CN(C)S(=O)(=O)c1cc(C(=O)Nc2cccc(C(=O)N3CCC(CO)CC3)c2)ccc1Cl. The van der Waals surface area contributed by atoms with Gasteiger partial charge >= 0.3 is 0 Å². The number of carbonyl (C=O) groups excluding carboxylic acids is 2. The third-order valence-corrected chi connectivity index (χ3v) is 7.78.